The lowest BCUT2D eigenvalue weighted by Crippen LogP contribution is -2.50. The summed E-state index contributed by atoms with van der Waals surface area (Å²) in [5.74, 6) is -2.69. The Hall–Kier alpha value is 0.0700. The van der Waals surface area contributed by atoms with E-state index in [9.17, 15) is 8.78 Å². The number of alkyl halides is 2. The molecule has 1 atom stereocenters. The van der Waals surface area contributed by atoms with E-state index in [1.807, 2.05) is 0 Å². The third-order valence-corrected chi connectivity index (χ3v) is 1.78. The molecule has 0 saturated carbocycles. The Labute approximate surface area is 77.1 Å². The second kappa shape index (κ2) is 4.94. The molecule has 12 heavy (non-hydrogen) atoms. The minimum Gasteiger partial charge on any atom is -0.372 e. The van der Waals surface area contributed by atoms with Gasteiger partial charge in [-0.05, 0) is 19.9 Å². The van der Waals surface area contributed by atoms with Crippen molar-refractivity contribution in [2.75, 3.05) is 19.7 Å². The molecule has 0 aromatic rings. The van der Waals surface area contributed by atoms with Gasteiger partial charge in [0.05, 0.1) is 6.54 Å². The van der Waals surface area contributed by atoms with Crippen LogP contribution < -0.4 is 5.32 Å². The molecule has 1 heterocycles. The van der Waals surface area contributed by atoms with Crippen LogP contribution >= 0.6 is 12.4 Å². The number of rotatable bonds is 2. The minimum absolute atomic E-state index is 0. The van der Waals surface area contributed by atoms with E-state index in [1.165, 1.54) is 0 Å². The average Bonchev–Trinajstić information content (AvgIpc) is 1.94. The molecule has 1 N–H and O–H groups in total. The van der Waals surface area contributed by atoms with Gasteiger partial charge in [0.2, 0.25) is 0 Å². The maximum absolute atomic E-state index is 12.9. The summed E-state index contributed by atoms with van der Waals surface area (Å²) in [5, 5.41) is 2.63. The summed E-state index contributed by atoms with van der Waals surface area (Å²) in [6, 6.07) is 0. The zero-order chi connectivity index (χ0) is 8.32. The van der Waals surface area contributed by atoms with Crippen LogP contribution in [0.15, 0.2) is 0 Å². The summed E-state index contributed by atoms with van der Waals surface area (Å²) in [6.45, 7) is 2.47. The summed E-state index contributed by atoms with van der Waals surface area (Å²) in [6.07, 6.45) is -0.477. The molecule has 0 bridgehead atoms. The van der Waals surface area contributed by atoms with Crippen molar-refractivity contribution in [2.24, 2.45) is 0 Å². The monoisotopic (exact) mass is 201 g/mol. The lowest BCUT2D eigenvalue weighted by Gasteiger charge is -2.31. The normalized spacial score (nSPS) is 27.8. The van der Waals surface area contributed by atoms with E-state index in [0.29, 0.717) is 19.6 Å². The lowest BCUT2D eigenvalue weighted by atomic mass is 10.1. The third-order valence-electron chi connectivity index (χ3n) is 1.78. The SMILES string of the molecule is CCOC1CCNCC1(F)F.Cl. The average molecular weight is 202 g/mol. The lowest BCUT2D eigenvalue weighted by molar-refractivity contribution is -0.146. The molecule has 1 saturated heterocycles. The van der Waals surface area contributed by atoms with Gasteiger partial charge >= 0.3 is 0 Å². The topological polar surface area (TPSA) is 21.3 Å². The Morgan fingerprint density at radius 2 is 2.25 bits per heavy atom. The predicted molar refractivity (Wildman–Crippen MR) is 45.1 cm³/mol. The van der Waals surface area contributed by atoms with E-state index in [0.717, 1.165) is 0 Å². The fourth-order valence-corrected chi connectivity index (χ4v) is 1.22. The van der Waals surface area contributed by atoms with Gasteiger partial charge in [-0.3, -0.25) is 0 Å². The Morgan fingerprint density at radius 1 is 1.58 bits per heavy atom. The molecule has 1 rings (SSSR count). The molecule has 0 aromatic carbocycles. The highest BCUT2D eigenvalue weighted by atomic mass is 35.5. The molecule has 2 nitrogen and oxygen atoms in total. The molecular weight excluding hydrogens is 188 g/mol. The van der Waals surface area contributed by atoms with E-state index >= 15 is 0 Å². The molecule has 0 amide bonds. The Balaban J connectivity index is 0.00000121. The number of halogens is 3. The number of hydrogen-bond donors (Lipinski definition) is 1. The summed E-state index contributed by atoms with van der Waals surface area (Å²) >= 11 is 0. The van der Waals surface area contributed by atoms with Gasteiger partial charge in [0.15, 0.2) is 0 Å². The van der Waals surface area contributed by atoms with E-state index in [4.69, 9.17) is 4.74 Å². The van der Waals surface area contributed by atoms with Crippen molar-refractivity contribution in [2.45, 2.75) is 25.4 Å². The van der Waals surface area contributed by atoms with E-state index in [2.05, 4.69) is 5.32 Å². The number of hydrogen-bond acceptors (Lipinski definition) is 2. The summed E-state index contributed by atoms with van der Waals surface area (Å²) < 4.78 is 30.6. The van der Waals surface area contributed by atoms with Crippen molar-refractivity contribution in [1.29, 1.82) is 0 Å². The first-order valence-electron chi connectivity index (χ1n) is 3.87. The third kappa shape index (κ3) is 2.84. The van der Waals surface area contributed by atoms with Crippen LogP contribution in [0.4, 0.5) is 8.78 Å². The van der Waals surface area contributed by atoms with Crippen LogP contribution in [0.25, 0.3) is 0 Å². The Bertz CT molecular complexity index is 133. The van der Waals surface area contributed by atoms with Gasteiger partial charge < -0.3 is 10.1 Å². The molecule has 0 spiro atoms. The van der Waals surface area contributed by atoms with E-state index in [1.54, 1.807) is 6.92 Å². The molecule has 1 fully saturated rings. The van der Waals surface area contributed by atoms with Crippen LogP contribution in [-0.2, 0) is 4.74 Å². The fraction of sp³-hybridized carbons (Fsp3) is 1.00. The van der Waals surface area contributed by atoms with Gasteiger partial charge in [-0.15, -0.1) is 12.4 Å². The van der Waals surface area contributed by atoms with Gasteiger partial charge in [0, 0.05) is 6.61 Å². The first-order chi connectivity index (χ1) is 5.17. The highest BCUT2D eigenvalue weighted by Gasteiger charge is 2.41. The molecular formula is C7H14ClF2NO. The van der Waals surface area contributed by atoms with Crippen LogP contribution in [0.5, 0.6) is 0 Å². The van der Waals surface area contributed by atoms with Crippen LogP contribution in [0.1, 0.15) is 13.3 Å². The number of piperidine rings is 1. The van der Waals surface area contributed by atoms with Crippen LogP contribution in [0.3, 0.4) is 0 Å². The Kier molecular flexibility index (Phi) is 4.97. The first-order valence-corrected chi connectivity index (χ1v) is 3.87. The fourth-order valence-electron chi connectivity index (χ4n) is 1.22. The zero-order valence-corrected chi connectivity index (χ0v) is 7.79. The van der Waals surface area contributed by atoms with Crippen molar-refractivity contribution < 1.29 is 13.5 Å². The second-order valence-corrected chi connectivity index (χ2v) is 2.67. The maximum Gasteiger partial charge on any atom is 0.285 e. The molecule has 0 radical (unpaired) electrons. The minimum atomic E-state index is -2.69. The Morgan fingerprint density at radius 3 is 2.75 bits per heavy atom. The zero-order valence-electron chi connectivity index (χ0n) is 6.98. The first kappa shape index (κ1) is 12.1. The van der Waals surface area contributed by atoms with Crippen molar-refractivity contribution in [1.82, 2.24) is 5.32 Å². The van der Waals surface area contributed by atoms with Gasteiger partial charge in [-0.1, -0.05) is 0 Å². The van der Waals surface area contributed by atoms with Crippen LogP contribution in [-0.4, -0.2) is 31.7 Å². The highest BCUT2D eigenvalue weighted by molar-refractivity contribution is 5.85. The van der Waals surface area contributed by atoms with Crippen molar-refractivity contribution >= 4 is 12.4 Å². The van der Waals surface area contributed by atoms with Gasteiger partial charge in [0.25, 0.3) is 5.92 Å². The molecule has 5 heteroatoms. The quantitative estimate of drug-likeness (QED) is 0.730. The maximum atomic E-state index is 12.9. The van der Waals surface area contributed by atoms with E-state index < -0.39 is 12.0 Å². The van der Waals surface area contributed by atoms with Crippen molar-refractivity contribution in [3.8, 4) is 0 Å². The molecule has 0 aliphatic carbocycles. The smallest absolute Gasteiger partial charge is 0.285 e. The van der Waals surface area contributed by atoms with E-state index in [-0.39, 0.29) is 19.0 Å². The largest absolute Gasteiger partial charge is 0.372 e. The molecule has 1 unspecified atom stereocenters. The van der Waals surface area contributed by atoms with Gasteiger partial charge in [-0.2, -0.15) is 0 Å². The number of nitrogens with one attached hydrogen (secondary N) is 1. The molecule has 74 valence electrons. The van der Waals surface area contributed by atoms with Crippen molar-refractivity contribution in [3.63, 3.8) is 0 Å². The molecule has 1 aliphatic rings. The standard InChI is InChI=1S/C7H13F2NO.ClH/c1-2-11-6-3-4-10-5-7(6,8)9;/h6,10H,2-5H2,1H3;1H. The van der Waals surface area contributed by atoms with Crippen LogP contribution in [0.2, 0.25) is 0 Å². The molecule has 0 aromatic heterocycles. The van der Waals surface area contributed by atoms with Crippen LogP contribution in [0, 0.1) is 0 Å². The summed E-state index contributed by atoms with van der Waals surface area (Å²) in [5.41, 5.74) is 0. The highest BCUT2D eigenvalue weighted by Crippen LogP contribution is 2.25. The van der Waals surface area contributed by atoms with Gasteiger partial charge in [-0.25, -0.2) is 8.78 Å². The predicted octanol–water partition coefficient (Wildman–Crippen LogP) is 1.44. The van der Waals surface area contributed by atoms with Crippen molar-refractivity contribution in [3.05, 3.63) is 0 Å². The number of ether oxygens (including phenoxy) is 1. The summed E-state index contributed by atoms with van der Waals surface area (Å²) in [4.78, 5) is 0. The summed E-state index contributed by atoms with van der Waals surface area (Å²) in [7, 11) is 0. The van der Waals surface area contributed by atoms with Gasteiger partial charge in [0.1, 0.15) is 6.10 Å². The second-order valence-electron chi connectivity index (χ2n) is 2.67. The molecule has 1 aliphatic heterocycles.